The summed E-state index contributed by atoms with van der Waals surface area (Å²) in [5, 5.41) is 0.818. The molecular weight excluding hydrogens is 667 g/mol. The molecule has 1 spiro atoms. The third-order valence-corrected chi connectivity index (χ3v) is 9.63. The normalized spacial score (nSPS) is 18.9. The predicted octanol–water partition coefficient (Wildman–Crippen LogP) is 5.24. The number of hydrogen-bond acceptors (Lipinski definition) is 9. The van der Waals surface area contributed by atoms with Gasteiger partial charge in [-0.05, 0) is 72.8 Å². The van der Waals surface area contributed by atoms with Gasteiger partial charge in [-0.25, -0.2) is 14.6 Å². The Balaban J connectivity index is 1.06. The second-order valence-corrected chi connectivity index (χ2v) is 13.0. The molecule has 0 aliphatic carbocycles. The lowest BCUT2D eigenvalue weighted by atomic mass is 9.89. The zero-order valence-electron chi connectivity index (χ0n) is 27.8. The number of methoxy groups -OCH3 is 1. The van der Waals surface area contributed by atoms with E-state index in [2.05, 4.69) is 27.0 Å². The Labute approximate surface area is 291 Å². The number of nitrogens with one attached hydrogen (secondary N) is 1. The Morgan fingerprint density at radius 1 is 0.902 bits per heavy atom. The van der Waals surface area contributed by atoms with E-state index < -0.39 is 35.5 Å². The van der Waals surface area contributed by atoms with Crippen LogP contribution in [0.1, 0.15) is 51.5 Å². The van der Waals surface area contributed by atoms with E-state index in [9.17, 15) is 27.6 Å². The molecule has 0 bridgehead atoms. The Hall–Kier alpha value is -5.21. The molecule has 1 N–H and O–H groups in total. The van der Waals surface area contributed by atoms with E-state index in [1.165, 1.54) is 22.6 Å². The highest BCUT2D eigenvalue weighted by molar-refractivity contribution is 5.99. The summed E-state index contributed by atoms with van der Waals surface area (Å²) >= 11 is 0. The second kappa shape index (κ2) is 13.8. The van der Waals surface area contributed by atoms with Crippen molar-refractivity contribution in [2.75, 3.05) is 39.8 Å². The first kappa shape index (κ1) is 34.2. The van der Waals surface area contributed by atoms with Crippen LogP contribution in [0.25, 0.3) is 10.9 Å². The minimum Gasteiger partial charge on any atom is -0.481 e. The fourth-order valence-electron chi connectivity index (χ4n) is 6.99. The number of hydrogen-bond donors (Lipinski definition) is 1. The molecule has 2 aromatic carbocycles. The number of benzene rings is 2. The van der Waals surface area contributed by atoms with Gasteiger partial charge in [0.15, 0.2) is 0 Å². The molecule has 1 amide bonds. The quantitative estimate of drug-likeness (QED) is 0.258. The average molecular weight is 704 g/mol. The molecule has 2 saturated heterocycles. The highest BCUT2D eigenvalue weighted by Gasteiger charge is 2.52. The van der Waals surface area contributed by atoms with Crippen LogP contribution in [0.2, 0.25) is 0 Å². The fraction of sp³-hybridized carbons (Fsp3) is 0.351. The molecular formula is C37H36F3N5O6. The topological polar surface area (TPSA) is 117 Å². The van der Waals surface area contributed by atoms with Gasteiger partial charge >= 0.3 is 24.0 Å². The number of likely N-dealkylation sites (tertiary alicyclic amines) is 1. The summed E-state index contributed by atoms with van der Waals surface area (Å²) < 4.78 is 55.7. The number of carbonyl (C=O) groups is 3. The molecule has 5 heterocycles. The zero-order valence-corrected chi connectivity index (χ0v) is 27.8. The van der Waals surface area contributed by atoms with Crippen LogP contribution >= 0.6 is 0 Å². The standard InChI is InChI=1S/C37H36F3N5O6/c1-49-32-9-4-25(20-41-32)22-43-14-12-26(13-15-43)27-5-6-28-19-31(42-30(28)18-27)35(48)45-17-16-44(21-24-2-7-29(8-3-24)37(38,39)40)23-36(45)50-33(46)10-11-34(47)51-36/h2-11,18-20,26,42H,12-17,21-23H2,1H3. The first-order chi connectivity index (χ1) is 24.5. The number of pyridine rings is 1. The van der Waals surface area contributed by atoms with Crippen LogP contribution in [0.5, 0.6) is 5.88 Å². The molecule has 3 aliphatic rings. The van der Waals surface area contributed by atoms with Crippen molar-refractivity contribution in [3.63, 3.8) is 0 Å². The number of rotatable bonds is 7. The highest BCUT2D eigenvalue weighted by Crippen LogP contribution is 2.34. The lowest BCUT2D eigenvalue weighted by Crippen LogP contribution is -2.67. The Kier molecular flexibility index (Phi) is 9.29. The summed E-state index contributed by atoms with van der Waals surface area (Å²) in [4.78, 5) is 52.3. The molecule has 2 aromatic heterocycles. The van der Waals surface area contributed by atoms with Crippen molar-refractivity contribution in [3.05, 3.63) is 107 Å². The van der Waals surface area contributed by atoms with Crippen molar-refractivity contribution in [1.82, 2.24) is 24.7 Å². The van der Waals surface area contributed by atoms with Crippen LogP contribution in [0.4, 0.5) is 13.2 Å². The number of piperazine rings is 1. The van der Waals surface area contributed by atoms with Gasteiger partial charge < -0.3 is 19.2 Å². The molecule has 0 atom stereocenters. The summed E-state index contributed by atoms with van der Waals surface area (Å²) in [7, 11) is 1.60. The van der Waals surface area contributed by atoms with E-state index in [1.807, 2.05) is 24.4 Å². The van der Waals surface area contributed by atoms with Crippen molar-refractivity contribution >= 4 is 28.7 Å². The van der Waals surface area contributed by atoms with Crippen LogP contribution < -0.4 is 4.74 Å². The zero-order chi connectivity index (χ0) is 35.8. The van der Waals surface area contributed by atoms with Crippen molar-refractivity contribution in [3.8, 4) is 5.88 Å². The van der Waals surface area contributed by atoms with Gasteiger partial charge in [-0.2, -0.15) is 13.2 Å². The first-order valence-corrected chi connectivity index (χ1v) is 16.7. The van der Waals surface area contributed by atoms with Crippen molar-refractivity contribution in [2.45, 2.75) is 43.9 Å². The maximum absolute atomic E-state index is 14.1. The molecule has 0 radical (unpaired) electrons. The number of H-pyrrole nitrogens is 1. The molecule has 4 aromatic rings. The van der Waals surface area contributed by atoms with Gasteiger partial charge in [0.1, 0.15) is 5.69 Å². The second-order valence-electron chi connectivity index (χ2n) is 13.0. The number of esters is 2. The number of aromatic amines is 1. The maximum atomic E-state index is 14.1. The monoisotopic (exact) mass is 703 g/mol. The van der Waals surface area contributed by atoms with Crippen LogP contribution in [0, 0.1) is 0 Å². The van der Waals surface area contributed by atoms with Crippen molar-refractivity contribution in [2.24, 2.45) is 0 Å². The third-order valence-electron chi connectivity index (χ3n) is 9.63. The molecule has 266 valence electrons. The SMILES string of the molecule is COc1ccc(CN2CCC(c3ccc4cc(C(=O)N5CCN(Cc6ccc(C(F)(F)F)cc6)CC56OC(=O)C=CC(=O)O6)[nH]c4c3)CC2)cn1. The third kappa shape index (κ3) is 7.47. The molecule has 7 rings (SSSR count). The highest BCUT2D eigenvalue weighted by atomic mass is 19.4. The van der Waals surface area contributed by atoms with E-state index >= 15 is 0 Å². The van der Waals surface area contributed by atoms with Gasteiger partial charge in [-0.3, -0.25) is 19.5 Å². The van der Waals surface area contributed by atoms with E-state index in [0.717, 1.165) is 73.2 Å². The van der Waals surface area contributed by atoms with Crippen molar-refractivity contribution in [1.29, 1.82) is 0 Å². The number of aromatic nitrogens is 2. The first-order valence-electron chi connectivity index (χ1n) is 16.7. The maximum Gasteiger partial charge on any atom is 0.416 e. The summed E-state index contributed by atoms with van der Waals surface area (Å²) in [6, 6.07) is 16.4. The molecule has 11 nitrogen and oxygen atoms in total. The van der Waals surface area contributed by atoms with E-state index in [0.29, 0.717) is 17.4 Å². The van der Waals surface area contributed by atoms with Crippen LogP contribution in [-0.2, 0) is 38.3 Å². The van der Waals surface area contributed by atoms with Gasteiger partial charge in [-0.1, -0.05) is 30.3 Å². The van der Waals surface area contributed by atoms with E-state index in [-0.39, 0.29) is 31.9 Å². The Bertz CT molecular complexity index is 1930. The Morgan fingerprint density at radius 3 is 2.24 bits per heavy atom. The number of carbonyl (C=O) groups excluding carboxylic acids is 3. The summed E-state index contributed by atoms with van der Waals surface area (Å²) in [5.41, 5.74) is 3.09. The number of ether oxygens (including phenoxy) is 3. The van der Waals surface area contributed by atoms with E-state index in [1.54, 1.807) is 18.1 Å². The van der Waals surface area contributed by atoms with Crippen LogP contribution in [0.15, 0.2) is 79.0 Å². The summed E-state index contributed by atoms with van der Waals surface area (Å²) in [6.45, 7) is 2.91. The van der Waals surface area contributed by atoms with Crippen LogP contribution in [-0.4, -0.2) is 88.3 Å². The van der Waals surface area contributed by atoms with Gasteiger partial charge in [0.05, 0.1) is 19.2 Å². The fourth-order valence-corrected chi connectivity index (χ4v) is 6.99. The van der Waals surface area contributed by atoms with Gasteiger partial charge in [0.2, 0.25) is 5.88 Å². The number of piperidine rings is 1. The number of fused-ring (bicyclic) bond motifs is 1. The molecule has 0 unspecified atom stereocenters. The van der Waals surface area contributed by atoms with Gasteiger partial charge in [-0.15, -0.1) is 0 Å². The predicted molar refractivity (Wildman–Crippen MR) is 178 cm³/mol. The molecule has 0 saturated carbocycles. The largest absolute Gasteiger partial charge is 0.481 e. The van der Waals surface area contributed by atoms with Gasteiger partial charge in [0.25, 0.3) is 5.91 Å². The van der Waals surface area contributed by atoms with Gasteiger partial charge in [0, 0.05) is 61.5 Å². The number of alkyl halides is 3. The molecule has 51 heavy (non-hydrogen) atoms. The summed E-state index contributed by atoms with van der Waals surface area (Å²) in [6.07, 6.45) is 1.19. The van der Waals surface area contributed by atoms with Crippen molar-refractivity contribution < 1.29 is 41.8 Å². The smallest absolute Gasteiger partial charge is 0.416 e. The average Bonchev–Trinajstić information content (AvgIpc) is 3.49. The minimum atomic E-state index is -4.47. The summed E-state index contributed by atoms with van der Waals surface area (Å²) in [5.74, 6) is -3.44. The van der Waals surface area contributed by atoms with E-state index in [4.69, 9.17) is 14.2 Å². The minimum absolute atomic E-state index is 0.00576. The number of nitrogens with zero attached hydrogens (tertiary/aromatic N) is 4. The lowest BCUT2D eigenvalue weighted by Gasteiger charge is -2.47. The van der Waals surface area contributed by atoms with Crippen LogP contribution in [0.3, 0.4) is 0 Å². The molecule has 3 aliphatic heterocycles. The Morgan fingerprint density at radius 2 is 1.59 bits per heavy atom. The molecule has 2 fully saturated rings. The lowest BCUT2D eigenvalue weighted by molar-refractivity contribution is -0.286. The molecule has 14 heteroatoms. The number of halogens is 3. The number of amides is 1.